The highest BCUT2D eigenvalue weighted by atomic mass is 19.1. The Kier molecular flexibility index (Phi) is 6.17. The standard InChI is InChI=1S/C18H24FNO4/c1-11(9-12-5-3-4-6-12)17(21)20-16(18(22)23)13-7-8-15(24-2)14(19)10-13/h7-8,10-12,16H,3-6,9H2,1-2H3,(H,20,21)(H,22,23). The van der Waals surface area contributed by atoms with Crippen molar-refractivity contribution in [1.29, 1.82) is 0 Å². The molecule has 0 aromatic heterocycles. The zero-order chi connectivity index (χ0) is 17.7. The zero-order valence-electron chi connectivity index (χ0n) is 14.0. The average Bonchev–Trinajstić information content (AvgIpc) is 3.04. The molecule has 0 heterocycles. The van der Waals surface area contributed by atoms with Gasteiger partial charge >= 0.3 is 5.97 Å². The van der Waals surface area contributed by atoms with Crippen molar-refractivity contribution in [1.82, 2.24) is 5.32 Å². The third-order valence-corrected chi connectivity index (χ3v) is 4.65. The molecular weight excluding hydrogens is 313 g/mol. The number of carbonyl (C=O) groups is 2. The fourth-order valence-electron chi connectivity index (χ4n) is 3.29. The van der Waals surface area contributed by atoms with E-state index in [1.54, 1.807) is 6.92 Å². The third-order valence-electron chi connectivity index (χ3n) is 4.65. The van der Waals surface area contributed by atoms with Crippen molar-refractivity contribution in [3.63, 3.8) is 0 Å². The van der Waals surface area contributed by atoms with E-state index in [4.69, 9.17) is 4.74 Å². The number of rotatable bonds is 7. The fraction of sp³-hybridized carbons (Fsp3) is 0.556. The normalized spacial score (nSPS) is 17.3. The van der Waals surface area contributed by atoms with E-state index in [1.165, 1.54) is 32.1 Å². The number of halogens is 1. The number of methoxy groups -OCH3 is 1. The topological polar surface area (TPSA) is 75.6 Å². The molecule has 1 aromatic carbocycles. The van der Waals surface area contributed by atoms with Crippen molar-refractivity contribution in [2.75, 3.05) is 7.11 Å². The first-order chi connectivity index (χ1) is 11.4. The predicted molar refractivity (Wildman–Crippen MR) is 87.2 cm³/mol. The summed E-state index contributed by atoms with van der Waals surface area (Å²) in [6.07, 6.45) is 5.41. The van der Waals surface area contributed by atoms with Crippen LogP contribution in [0.2, 0.25) is 0 Å². The minimum Gasteiger partial charge on any atom is -0.494 e. The molecule has 0 saturated heterocycles. The molecule has 0 spiro atoms. The van der Waals surface area contributed by atoms with Gasteiger partial charge in [-0.3, -0.25) is 4.79 Å². The maximum absolute atomic E-state index is 13.8. The van der Waals surface area contributed by atoms with E-state index in [9.17, 15) is 19.1 Å². The predicted octanol–water partition coefficient (Wildman–Crippen LogP) is 3.29. The molecule has 1 aliphatic carbocycles. The maximum Gasteiger partial charge on any atom is 0.330 e. The van der Waals surface area contributed by atoms with E-state index in [0.29, 0.717) is 5.92 Å². The molecule has 2 atom stereocenters. The summed E-state index contributed by atoms with van der Waals surface area (Å²) in [4.78, 5) is 23.8. The molecule has 1 aliphatic rings. The van der Waals surface area contributed by atoms with Crippen LogP contribution in [0.3, 0.4) is 0 Å². The van der Waals surface area contributed by atoms with Crippen LogP contribution in [-0.4, -0.2) is 24.1 Å². The molecule has 6 heteroatoms. The number of carboxylic acids is 1. The number of hydrogen-bond donors (Lipinski definition) is 2. The molecule has 1 saturated carbocycles. The van der Waals surface area contributed by atoms with Gasteiger partial charge in [0.25, 0.3) is 0 Å². The lowest BCUT2D eigenvalue weighted by Gasteiger charge is -2.20. The van der Waals surface area contributed by atoms with Gasteiger partial charge in [-0.05, 0) is 30.0 Å². The highest BCUT2D eigenvalue weighted by Gasteiger charge is 2.27. The van der Waals surface area contributed by atoms with Crippen LogP contribution in [0.15, 0.2) is 18.2 Å². The minimum atomic E-state index is -1.27. The molecule has 0 radical (unpaired) electrons. The Balaban J connectivity index is 2.06. The summed E-state index contributed by atoms with van der Waals surface area (Å²) in [7, 11) is 1.33. The van der Waals surface area contributed by atoms with Crippen LogP contribution >= 0.6 is 0 Å². The molecule has 5 nitrogen and oxygen atoms in total. The van der Waals surface area contributed by atoms with Crippen LogP contribution in [0.4, 0.5) is 4.39 Å². The van der Waals surface area contributed by atoms with Gasteiger partial charge in [0, 0.05) is 5.92 Å². The molecule has 0 aliphatic heterocycles. The fourth-order valence-corrected chi connectivity index (χ4v) is 3.29. The lowest BCUT2D eigenvalue weighted by Crippen LogP contribution is -2.37. The monoisotopic (exact) mass is 337 g/mol. The third kappa shape index (κ3) is 4.46. The summed E-state index contributed by atoms with van der Waals surface area (Å²) in [6, 6.07) is 2.61. The van der Waals surface area contributed by atoms with E-state index in [-0.39, 0.29) is 23.1 Å². The summed E-state index contributed by atoms with van der Waals surface area (Å²) in [5.74, 6) is -1.89. The number of carbonyl (C=O) groups excluding carboxylic acids is 1. The molecule has 2 rings (SSSR count). The first-order valence-electron chi connectivity index (χ1n) is 8.29. The smallest absolute Gasteiger partial charge is 0.330 e. The quantitative estimate of drug-likeness (QED) is 0.800. The van der Waals surface area contributed by atoms with Gasteiger partial charge < -0.3 is 15.2 Å². The molecule has 0 bridgehead atoms. The Labute approximate surface area is 141 Å². The van der Waals surface area contributed by atoms with Crippen LogP contribution in [-0.2, 0) is 9.59 Å². The number of hydrogen-bond acceptors (Lipinski definition) is 3. The molecular formula is C18H24FNO4. The van der Waals surface area contributed by atoms with Crippen LogP contribution in [0.1, 0.15) is 50.6 Å². The number of benzene rings is 1. The lowest BCUT2D eigenvalue weighted by atomic mass is 9.93. The van der Waals surface area contributed by atoms with Gasteiger partial charge in [-0.15, -0.1) is 0 Å². The second-order valence-electron chi connectivity index (χ2n) is 6.46. The van der Waals surface area contributed by atoms with E-state index < -0.39 is 17.8 Å². The van der Waals surface area contributed by atoms with Crippen LogP contribution in [0, 0.1) is 17.7 Å². The summed E-state index contributed by atoms with van der Waals surface area (Å²) < 4.78 is 18.6. The van der Waals surface area contributed by atoms with Gasteiger partial charge in [0.05, 0.1) is 7.11 Å². The number of carboxylic acid groups (broad SMARTS) is 1. The number of aliphatic carboxylic acids is 1. The van der Waals surface area contributed by atoms with E-state index in [0.717, 1.165) is 25.3 Å². The minimum absolute atomic E-state index is 0.0313. The Morgan fingerprint density at radius 1 is 1.38 bits per heavy atom. The Hall–Kier alpha value is -2.11. The van der Waals surface area contributed by atoms with E-state index in [2.05, 4.69) is 5.32 Å². The molecule has 1 amide bonds. The first kappa shape index (κ1) is 18.2. The summed E-state index contributed by atoms with van der Waals surface area (Å²) in [6.45, 7) is 1.81. The second kappa shape index (κ2) is 8.13. The Bertz CT molecular complexity index is 599. The zero-order valence-corrected chi connectivity index (χ0v) is 14.0. The van der Waals surface area contributed by atoms with Crippen LogP contribution in [0.5, 0.6) is 5.75 Å². The number of nitrogens with one attached hydrogen (secondary N) is 1. The van der Waals surface area contributed by atoms with Crippen molar-refractivity contribution in [3.05, 3.63) is 29.6 Å². The van der Waals surface area contributed by atoms with E-state index in [1.807, 2.05) is 0 Å². The summed E-state index contributed by atoms with van der Waals surface area (Å²) in [5.41, 5.74) is 0.183. The van der Waals surface area contributed by atoms with Crippen molar-refractivity contribution in [2.24, 2.45) is 11.8 Å². The van der Waals surface area contributed by atoms with Crippen molar-refractivity contribution >= 4 is 11.9 Å². The molecule has 132 valence electrons. The van der Waals surface area contributed by atoms with Crippen molar-refractivity contribution < 1.29 is 23.8 Å². The summed E-state index contributed by atoms with van der Waals surface area (Å²) in [5, 5.41) is 11.9. The molecule has 1 aromatic rings. The van der Waals surface area contributed by atoms with Gasteiger partial charge in [-0.1, -0.05) is 38.7 Å². The first-order valence-corrected chi connectivity index (χ1v) is 8.29. The SMILES string of the molecule is COc1ccc(C(NC(=O)C(C)CC2CCCC2)C(=O)O)cc1F. The van der Waals surface area contributed by atoms with Crippen LogP contribution in [0.25, 0.3) is 0 Å². The van der Waals surface area contributed by atoms with Crippen molar-refractivity contribution in [3.8, 4) is 5.75 Å². The van der Waals surface area contributed by atoms with Gasteiger partial charge in [0.2, 0.25) is 5.91 Å². The Morgan fingerprint density at radius 3 is 2.58 bits per heavy atom. The van der Waals surface area contributed by atoms with E-state index >= 15 is 0 Å². The van der Waals surface area contributed by atoms with Gasteiger partial charge in [0.15, 0.2) is 17.6 Å². The molecule has 2 unspecified atom stereocenters. The van der Waals surface area contributed by atoms with Gasteiger partial charge in [-0.2, -0.15) is 0 Å². The average molecular weight is 337 g/mol. The highest BCUT2D eigenvalue weighted by Crippen LogP contribution is 2.30. The van der Waals surface area contributed by atoms with Crippen LogP contribution < -0.4 is 10.1 Å². The lowest BCUT2D eigenvalue weighted by molar-refractivity contribution is -0.142. The number of ether oxygens (including phenoxy) is 1. The molecule has 2 N–H and O–H groups in total. The maximum atomic E-state index is 13.8. The van der Waals surface area contributed by atoms with Gasteiger partial charge in [0.1, 0.15) is 0 Å². The molecule has 24 heavy (non-hydrogen) atoms. The highest BCUT2D eigenvalue weighted by molar-refractivity contribution is 5.85. The molecule has 1 fully saturated rings. The van der Waals surface area contributed by atoms with Gasteiger partial charge in [-0.25, -0.2) is 9.18 Å². The summed E-state index contributed by atoms with van der Waals surface area (Å²) >= 11 is 0. The van der Waals surface area contributed by atoms with Crippen molar-refractivity contribution in [2.45, 2.75) is 45.1 Å². The largest absolute Gasteiger partial charge is 0.494 e. The second-order valence-corrected chi connectivity index (χ2v) is 6.46. The number of amides is 1. The Morgan fingerprint density at radius 2 is 2.04 bits per heavy atom.